The molecule has 0 aromatic heterocycles. The molecule has 4 N–H and O–H groups in total. The highest BCUT2D eigenvalue weighted by molar-refractivity contribution is 5.53. The normalized spacial score (nSPS) is 7.80. The first-order valence-corrected chi connectivity index (χ1v) is 7.13. The van der Waals surface area contributed by atoms with Gasteiger partial charge in [0.25, 0.3) is 0 Å². The monoisotopic (exact) mass is 296 g/mol. The second-order valence-electron chi connectivity index (χ2n) is 3.98. The summed E-state index contributed by atoms with van der Waals surface area (Å²) in [6, 6.07) is 0. The third-order valence-corrected chi connectivity index (χ3v) is 1.91. The highest BCUT2D eigenvalue weighted by Gasteiger charge is 1.76. The van der Waals surface area contributed by atoms with Gasteiger partial charge in [-0.25, -0.2) is 9.59 Å². The Morgan fingerprint density at radius 2 is 0.650 bits per heavy atom. The second kappa shape index (κ2) is 30.5. The van der Waals surface area contributed by atoms with E-state index in [1.807, 2.05) is 0 Å². The maximum atomic E-state index is 8.56. The molecule has 0 atom stereocenters. The average molecular weight is 296 g/mol. The van der Waals surface area contributed by atoms with E-state index in [4.69, 9.17) is 30.0 Å². The zero-order chi connectivity index (χ0) is 16.8. The average Bonchev–Trinajstić information content (AvgIpc) is 2.33. The summed E-state index contributed by atoms with van der Waals surface area (Å²) in [7, 11) is 0. The van der Waals surface area contributed by atoms with Crippen LogP contribution in [0.2, 0.25) is 0 Å². The Morgan fingerprint density at radius 1 is 0.550 bits per heavy atom. The predicted octanol–water partition coefficient (Wildman–Crippen LogP) is 5.62. The van der Waals surface area contributed by atoms with Crippen LogP contribution in [0, 0.1) is 0 Å². The molecule has 0 heterocycles. The highest BCUT2D eigenvalue weighted by atomic mass is 16.6. The van der Waals surface area contributed by atoms with Gasteiger partial charge >= 0.3 is 12.3 Å². The van der Waals surface area contributed by atoms with Crippen molar-refractivity contribution in [3.05, 3.63) is 0 Å². The summed E-state index contributed by atoms with van der Waals surface area (Å²) in [4.78, 5) is 17.1. The first kappa shape index (κ1) is 27.0. The summed E-state index contributed by atoms with van der Waals surface area (Å²) in [5, 5.41) is 27.9. The molecule has 0 spiro atoms. The van der Waals surface area contributed by atoms with E-state index in [0.29, 0.717) is 0 Å². The maximum absolute atomic E-state index is 8.56. The molecule has 0 aromatic rings. The fraction of sp³-hybridized carbons (Fsp3) is 0.857. The van der Waals surface area contributed by atoms with Gasteiger partial charge in [-0.15, -0.1) is 0 Å². The van der Waals surface area contributed by atoms with Crippen molar-refractivity contribution in [2.24, 2.45) is 0 Å². The van der Waals surface area contributed by atoms with Gasteiger partial charge < -0.3 is 20.4 Å². The van der Waals surface area contributed by atoms with Crippen LogP contribution in [0.15, 0.2) is 0 Å². The van der Waals surface area contributed by atoms with Crippen LogP contribution in [0.4, 0.5) is 9.59 Å². The molecule has 0 aromatic carbocycles. The van der Waals surface area contributed by atoms with Crippen LogP contribution < -0.4 is 0 Å². The lowest BCUT2D eigenvalue weighted by Crippen LogP contribution is -1.81. The molecule has 0 saturated heterocycles. The minimum absolute atomic E-state index is 1.36. The summed E-state index contributed by atoms with van der Waals surface area (Å²) in [5.41, 5.74) is 0. The van der Waals surface area contributed by atoms with Crippen LogP contribution in [0.25, 0.3) is 0 Å². The van der Waals surface area contributed by atoms with Gasteiger partial charge in [-0.3, -0.25) is 0 Å². The number of carbonyl (C=O) groups is 2. The SMILES string of the molecule is CCCCCC.CCCCCC.O=C(O)O.O=C(O)O. The fourth-order valence-electron chi connectivity index (χ4n) is 1.000. The first-order chi connectivity index (χ1) is 9.29. The number of hydrogen-bond acceptors (Lipinski definition) is 2. The van der Waals surface area contributed by atoms with Crippen molar-refractivity contribution in [1.82, 2.24) is 0 Å². The number of unbranched alkanes of at least 4 members (excludes halogenated alkanes) is 6. The van der Waals surface area contributed by atoms with E-state index in [1.165, 1.54) is 51.4 Å². The maximum Gasteiger partial charge on any atom is 0.503 e. The molecule has 0 aliphatic rings. The van der Waals surface area contributed by atoms with Crippen molar-refractivity contribution < 1.29 is 30.0 Å². The van der Waals surface area contributed by atoms with E-state index >= 15 is 0 Å². The van der Waals surface area contributed by atoms with Crippen LogP contribution in [-0.4, -0.2) is 32.7 Å². The van der Waals surface area contributed by atoms with Gasteiger partial charge in [0.1, 0.15) is 0 Å². The Kier molecular flexibility index (Phi) is 41.2. The van der Waals surface area contributed by atoms with Gasteiger partial charge in [-0.05, 0) is 0 Å². The number of carboxylic acid groups (broad SMARTS) is 4. The Morgan fingerprint density at radius 3 is 0.700 bits per heavy atom. The molecular weight excluding hydrogens is 264 g/mol. The molecule has 0 aliphatic heterocycles. The van der Waals surface area contributed by atoms with Crippen LogP contribution in [0.1, 0.15) is 79.1 Å². The van der Waals surface area contributed by atoms with Crippen molar-refractivity contribution in [2.75, 3.05) is 0 Å². The lowest BCUT2D eigenvalue weighted by molar-refractivity contribution is 0.135. The number of rotatable bonds is 6. The number of hydrogen-bond donors (Lipinski definition) is 4. The topological polar surface area (TPSA) is 115 Å². The molecule has 0 bridgehead atoms. The third kappa shape index (κ3) is 194. The quantitative estimate of drug-likeness (QED) is 0.473. The lowest BCUT2D eigenvalue weighted by atomic mass is 10.2. The molecule has 124 valence electrons. The molecule has 6 nitrogen and oxygen atoms in total. The Bertz CT molecular complexity index is 147. The van der Waals surface area contributed by atoms with Crippen LogP contribution >= 0.6 is 0 Å². The molecular formula is C14H32O6. The van der Waals surface area contributed by atoms with Gasteiger partial charge in [0.2, 0.25) is 0 Å². The molecule has 0 saturated carbocycles. The third-order valence-electron chi connectivity index (χ3n) is 1.91. The van der Waals surface area contributed by atoms with E-state index in [1.54, 1.807) is 0 Å². The summed E-state index contributed by atoms with van der Waals surface area (Å²) < 4.78 is 0. The molecule has 0 aliphatic carbocycles. The van der Waals surface area contributed by atoms with Crippen LogP contribution in [0.5, 0.6) is 0 Å². The largest absolute Gasteiger partial charge is 0.503 e. The Labute approximate surface area is 122 Å². The van der Waals surface area contributed by atoms with Gasteiger partial charge in [0.15, 0.2) is 0 Å². The van der Waals surface area contributed by atoms with Crippen LogP contribution in [-0.2, 0) is 0 Å². The lowest BCUT2D eigenvalue weighted by Gasteiger charge is -1.86. The molecule has 0 fully saturated rings. The second-order valence-corrected chi connectivity index (χ2v) is 3.98. The summed E-state index contributed by atoms with van der Waals surface area (Å²) >= 11 is 0. The molecule has 0 rings (SSSR count). The Hall–Kier alpha value is -1.46. The van der Waals surface area contributed by atoms with Crippen molar-refractivity contribution in [1.29, 1.82) is 0 Å². The minimum Gasteiger partial charge on any atom is -0.450 e. The minimum atomic E-state index is -1.83. The van der Waals surface area contributed by atoms with Gasteiger partial charge in [0, 0.05) is 0 Å². The van der Waals surface area contributed by atoms with Crippen molar-refractivity contribution in [3.63, 3.8) is 0 Å². The molecule has 6 heteroatoms. The van der Waals surface area contributed by atoms with Crippen molar-refractivity contribution in [2.45, 2.75) is 79.1 Å². The Balaban J connectivity index is -0.0000000871. The summed E-state index contributed by atoms with van der Waals surface area (Å²) in [6.07, 6.45) is 7.41. The first-order valence-electron chi connectivity index (χ1n) is 7.13. The fourth-order valence-corrected chi connectivity index (χ4v) is 1.000. The molecule has 0 radical (unpaired) electrons. The van der Waals surface area contributed by atoms with Crippen molar-refractivity contribution in [3.8, 4) is 0 Å². The smallest absolute Gasteiger partial charge is 0.450 e. The van der Waals surface area contributed by atoms with Crippen molar-refractivity contribution >= 4 is 12.3 Å². The molecule has 0 unspecified atom stereocenters. The molecule has 20 heavy (non-hydrogen) atoms. The summed E-state index contributed by atoms with van der Waals surface area (Å²) in [6.45, 7) is 8.93. The predicted molar refractivity (Wildman–Crippen MR) is 80.9 cm³/mol. The zero-order valence-corrected chi connectivity index (χ0v) is 13.3. The molecule has 0 amide bonds. The summed E-state index contributed by atoms with van der Waals surface area (Å²) in [5.74, 6) is 0. The van der Waals surface area contributed by atoms with E-state index in [2.05, 4.69) is 27.7 Å². The zero-order valence-electron chi connectivity index (χ0n) is 13.3. The van der Waals surface area contributed by atoms with E-state index < -0.39 is 12.3 Å². The van der Waals surface area contributed by atoms with E-state index in [9.17, 15) is 0 Å². The standard InChI is InChI=1S/2C6H14.2CH2O3/c2*1-3-5-6-4-2;2*2-1(3)4/h2*3-6H2,1-2H3;2*(H2,2,3,4). The van der Waals surface area contributed by atoms with E-state index in [0.717, 1.165) is 0 Å². The highest BCUT2D eigenvalue weighted by Crippen LogP contribution is 1.95. The van der Waals surface area contributed by atoms with Gasteiger partial charge in [-0.1, -0.05) is 79.1 Å². The van der Waals surface area contributed by atoms with Crippen LogP contribution in [0.3, 0.4) is 0 Å². The van der Waals surface area contributed by atoms with E-state index in [-0.39, 0.29) is 0 Å². The van der Waals surface area contributed by atoms with Gasteiger partial charge in [-0.2, -0.15) is 0 Å². The van der Waals surface area contributed by atoms with Gasteiger partial charge in [0.05, 0.1) is 0 Å².